The summed E-state index contributed by atoms with van der Waals surface area (Å²) in [7, 11) is 0. The van der Waals surface area contributed by atoms with Crippen molar-refractivity contribution in [1.29, 1.82) is 0 Å². The highest BCUT2D eigenvalue weighted by Crippen LogP contribution is 2.32. The van der Waals surface area contributed by atoms with E-state index in [9.17, 15) is 4.79 Å². The minimum atomic E-state index is 0.207. The Morgan fingerprint density at radius 3 is 2.00 bits per heavy atom. The number of anilines is 1. The molecule has 11 nitrogen and oxygen atoms in total. The monoisotopic (exact) mass is 575 g/mol. The van der Waals surface area contributed by atoms with Crippen LogP contribution in [0.25, 0.3) is 0 Å². The zero-order valence-corrected chi connectivity index (χ0v) is 24.9. The maximum absolute atomic E-state index is 12.8. The lowest BCUT2D eigenvalue weighted by Gasteiger charge is -2.30. The number of ether oxygens (including phenoxy) is 1. The van der Waals surface area contributed by atoms with E-state index in [4.69, 9.17) is 4.74 Å². The number of aryl methyl sites for hydroxylation is 3. The fourth-order valence-corrected chi connectivity index (χ4v) is 6.97. The number of hydrogen-bond acceptors (Lipinski definition) is 8. The quantitative estimate of drug-likeness (QED) is 0.250. The van der Waals surface area contributed by atoms with Crippen LogP contribution >= 0.6 is 0 Å². The summed E-state index contributed by atoms with van der Waals surface area (Å²) in [5.74, 6) is 3.07. The molecule has 1 aromatic carbocycles. The topological polar surface area (TPSA) is 117 Å². The van der Waals surface area contributed by atoms with Gasteiger partial charge in [-0.3, -0.25) is 4.79 Å². The first-order chi connectivity index (χ1) is 20.8. The van der Waals surface area contributed by atoms with Crippen molar-refractivity contribution in [1.82, 2.24) is 40.4 Å². The molecular formula is C31H45N9O2. The number of carbonyl (C=O) groups excluding carboxylic acids is 1. The van der Waals surface area contributed by atoms with Gasteiger partial charge in [-0.05, 0) is 102 Å². The molecule has 42 heavy (non-hydrogen) atoms. The predicted octanol–water partition coefficient (Wildman–Crippen LogP) is 5.37. The van der Waals surface area contributed by atoms with Gasteiger partial charge in [0.1, 0.15) is 5.75 Å². The summed E-state index contributed by atoms with van der Waals surface area (Å²) in [4.78, 5) is 14.8. The van der Waals surface area contributed by atoms with E-state index >= 15 is 0 Å². The predicted molar refractivity (Wildman–Crippen MR) is 158 cm³/mol. The summed E-state index contributed by atoms with van der Waals surface area (Å²) in [5, 5.41) is 25.1. The Morgan fingerprint density at radius 1 is 0.738 bits per heavy atom. The first-order valence-electron chi connectivity index (χ1n) is 16.4. The summed E-state index contributed by atoms with van der Waals surface area (Å²) in [5.41, 5.74) is 2.22. The van der Waals surface area contributed by atoms with Crippen molar-refractivity contribution in [3.05, 3.63) is 35.4 Å². The third-order valence-corrected chi connectivity index (χ3v) is 9.31. The number of carbonyl (C=O) groups is 1. The van der Waals surface area contributed by atoms with Crippen molar-refractivity contribution in [3.8, 4) is 5.75 Å². The van der Waals surface area contributed by atoms with Gasteiger partial charge in [0, 0.05) is 31.5 Å². The fraction of sp³-hybridized carbons (Fsp3) is 0.710. The number of tetrazole rings is 2. The van der Waals surface area contributed by atoms with E-state index in [2.05, 4.69) is 52.5 Å². The number of hydrogen-bond donors (Lipinski definition) is 0. The third-order valence-electron chi connectivity index (χ3n) is 9.31. The minimum Gasteiger partial charge on any atom is -0.494 e. The standard InChI is InChI=1S/C31H45N9O2/c41-31-20-17-24-23-27(42-22-10-8-16-30-33-35-37-40(30)26-13-5-2-6-14-26)18-19-28(24)38(31)21-9-7-15-29-32-34-36-39(29)25-11-3-1-4-12-25/h18-19,23,25-26H,1-17,20-22H2. The smallest absolute Gasteiger partial charge is 0.227 e. The Balaban J connectivity index is 0.949. The Bertz CT molecular complexity index is 1290. The van der Waals surface area contributed by atoms with E-state index in [0.717, 1.165) is 74.6 Å². The maximum atomic E-state index is 12.8. The van der Waals surface area contributed by atoms with Gasteiger partial charge in [-0.15, -0.1) is 10.2 Å². The maximum Gasteiger partial charge on any atom is 0.227 e. The van der Waals surface area contributed by atoms with Crippen LogP contribution in [0.4, 0.5) is 5.69 Å². The minimum absolute atomic E-state index is 0.207. The largest absolute Gasteiger partial charge is 0.494 e. The Kier molecular flexibility index (Phi) is 9.72. The number of unbranched alkanes of at least 4 members (excludes halogenated alkanes) is 2. The van der Waals surface area contributed by atoms with Gasteiger partial charge < -0.3 is 9.64 Å². The molecule has 0 atom stereocenters. The molecule has 226 valence electrons. The molecule has 0 bridgehead atoms. The molecule has 11 heteroatoms. The van der Waals surface area contributed by atoms with E-state index < -0.39 is 0 Å². The Hall–Kier alpha value is -3.37. The number of benzene rings is 1. The van der Waals surface area contributed by atoms with E-state index in [1.807, 2.05) is 11.0 Å². The van der Waals surface area contributed by atoms with Crippen LogP contribution in [0.5, 0.6) is 5.75 Å². The van der Waals surface area contributed by atoms with Crippen molar-refractivity contribution in [3.63, 3.8) is 0 Å². The highest BCUT2D eigenvalue weighted by molar-refractivity contribution is 5.96. The summed E-state index contributed by atoms with van der Waals surface area (Å²) in [6, 6.07) is 7.10. The van der Waals surface area contributed by atoms with Gasteiger partial charge in [0.25, 0.3) is 0 Å². The van der Waals surface area contributed by atoms with Gasteiger partial charge >= 0.3 is 0 Å². The molecule has 0 unspecified atom stereocenters. The first kappa shape index (κ1) is 28.7. The van der Waals surface area contributed by atoms with Gasteiger partial charge in [0.15, 0.2) is 11.6 Å². The van der Waals surface area contributed by atoms with E-state index in [1.54, 1.807) is 0 Å². The zero-order chi connectivity index (χ0) is 28.6. The lowest BCUT2D eigenvalue weighted by molar-refractivity contribution is -0.118. The number of aromatic nitrogens is 8. The molecule has 3 aliphatic rings. The van der Waals surface area contributed by atoms with Gasteiger partial charge in [-0.1, -0.05) is 38.5 Å². The van der Waals surface area contributed by atoms with E-state index in [-0.39, 0.29) is 5.91 Å². The molecule has 3 heterocycles. The average Bonchev–Trinajstić information content (AvgIpc) is 3.71. The second-order valence-corrected chi connectivity index (χ2v) is 12.3. The van der Waals surface area contributed by atoms with Gasteiger partial charge in [0.2, 0.25) is 5.91 Å². The van der Waals surface area contributed by atoms with Gasteiger partial charge in [0.05, 0.1) is 18.7 Å². The highest BCUT2D eigenvalue weighted by atomic mass is 16.5. The van der Waals surface area contributed by atoms with Crippen LogP contribution in [0.3, 0.4) is 0 Å². The zero-order valence-electron chi connectivity index (χ0n) is 24.9. The normalized spacial score (nSPS) is 18.4. The lowest BCUT2D eigenvalue weighted by atomic mass is 9.95. The lowest BCUT2D eigenvalue weighted by Crippen LogP contribution is -2.36. The average molecular weight is 576 g/mol. The molecule has 2 saturated carbocycles. The van der Waals surface area contributed by atoms with E-state index in [1.165, 1.54) is 69.8 Å². The summed E-state index contributed by atoms with van der Waals surface area (Å²) >= 11 is 0. The van der Waals surface area contributed by atoms with Crippen molar-refractivity contribution in [2.75, 3.05) is 18.1 Å². The molecule has 2 fully saturated rings. The number of amides is 1. The molecule has 0 saturated heterocycles. The molecule has 3 aromatic rings. The van der Waals surface area contributed by atoms with Crippen molar-refractivity contribution in [2.45, 2.75) is 128 Å². The second kappa shape index (κ2) is 14.2. The number of rotatable bonds is 13. The fourth-order valence-electron chi connectivity index (χ4n) is 6.97. The van der Waals surface area contributed by atoms with Gasteiger partial charge in [-0.2, -0.15) is 0 Å². The molecule has 0 spiro atoms. The molecule has 0 radical (unpaired) electrons. The molecule has 2 aliphatic carbocycles. The van der Waals surface area contributed by atoms with Crippen LogP contribution in [-0.4, -0.2) is 59.5 Å². The van der Waals surface area contributed by atoms with Crippen LogP contribution in [0.2, 0.25) is 0 Å². The second-order valence-electron chi connectivity index (χ2n) is 12.3. The Morgan fingerprint density at radius 2 is 1.36 bits per heavy atom. The van der Waals surface area contributed by atoms with Crippen molar-refractivity contribution < 1.29 is 9.53 Å². The van der Waals surface area contributed by atoms with Crippen LogP contribution in [0.15, 0.2) is 18.2 Å². The summed E-state index contributed by atoms with van der Waals surface area (Å²) in [6.45, 7) is 1.38. The molecular weight excluding hydrogens is 530 g/mol. The molecule has 2 aromatic heterocycles. The van der Waals surface area contributed by atoms with E-state index in [0.29, 0.717) is 25.1 Å². The first-order valence-corrected chi connectivity index (χ1v) is 16.4. The number of nitrogens with zero attached hydrogens (tertiary/aromatic N) is 9. The van der Waals surface area contributed by atoms with Crippen molar-refractivity contribution >= 4 is 11.6 Å². The van der Waals surface area contributed by atoms with Crippen molar-refractivity contribution in [2.24, 2.45) is 0 Å². The highest BCUT2D eigenvalue weighted by Gasteiger charge is 2.25. The number of fused-ring (bicyclic) bond motifs is 1. The molecule has 1 aliphatic heterocycles. The van der Waals surface area contributed by atoms with Crippen LogP contribution in [-0.2, 0) is 24.1 Å². The van der Waals surface area contributed by atoms with Crippen LogP contribution in [0.1, 0.15) is 126 Å². The van der Waals surface area contributed by atoms with Crippen LogP contribution < -0.4 is 9.64 Å². The SMILES string of the molecule is O=C1CCc2cc(OCCCCc3nnnn3C3CCCCC3)ccc2N1CCCCc1nnnn1C1CCCCC1. The third kappa shape index (κ3) is 6.98. The summed E-state index contributed by atoms with van der Waals surface area (Å²) < 4.78 is 10.2. The molecule has 0 N–H and O–H groups in total. The van der Waals surface area contributed by atoms with Gasteiger partial charge in [-0.25, -0.2) is 9.36 Å². The molecule has 1 amide bonds. The van der Waals surface area contributed by atoms with Crippen LogP contribution in [0, 0.1) is 0 Å². The summed E-state index contributed by atoms with van der Waals surface area (Å²) in [6.07, 6.45) is 19.3. The Labute approximate surface area is 248 Å². The molecule has 6 rings (SSSR count).